The number of imide groups is 1. The van der Waals surface area contributed by atoms with Gasteiger partial charge in [0.1, 0.15) is 17.7 Å². The minimum absolute atomic E-state index is 0.0302. The Balaban J connectivity index is 2.47. The molecule has 48 heavy (non-hydrogen) atoms. The number of nitrogens with zero attached hydrogens (tertiary/aromatic N) is 3. The Morgan fingerprint density at radius 1 is 0.875 bits per heavy atom. The minimum atomic E-state index is -1.08. The van der Waals surface area contributed by atoms with E-state index < -0.39 is 70.2 Å². The monoisotopic (exact) mass is 670 g/mol. The summed E-state index contributed by atoms with van der Waals surface area (Å²) in [6, 6.07) is 6.59. The van der Waals surface area contributed by atoms with Crippen molar-refractivity contribution in [2.24, 2.45) is 11.3 Å². The molecule has 1 aromatic rings. The van der Waals surface area contributed by atoms with Gasteiger partial charge >= 0.3 is 12.1 Å². The van der Waals surface area contributed by atoms with Gasteiger partial charge in [0.05, 0.1) is 6.04 Å². The van der Waals surface area contributed by atoms with E-state index >= 15 is 0 Å². The van der Waals surface area contributed by atoms with Crippen molar-refractivity contribution in [2.45, 2.75) is 118 Å². The Morgan fingerprint density at radius 3 is 1.85 bits per heavy atom. The third kappa shape index (κ3) is 9.90. The smallest absolute Gasteiger partial charge is 0.410 e. The van der Waals surface area contributed by atoms with Crippen molar-refractivity contribution in [2.75, 3.05) is 14.1 Å². The third-order valence-electron chi connectivity index (χ3n) is 8.32. The van der Waals surface area contributed by atoms with E-state index in [-0.39, 0.29) is 24.3 Å². The Morgan fingerprint density at radius 2 is 1.40 bits per heavy atom. The summed E-state index contributed by atoms with van der Waals surface area (Å²) in [5.74, 6) is -3.23. The summed E-state index contributed by atoms with van der Waals surface area (Å²) in [7, 11) is 3.09. The molecule has 0 saturated carbocycles. The van der Waals surface area contributed by atoms with Crippen LogP contribution in [0.5, 0.6) is 0 Å². The fraction of sp³-hybridized carbons (Fsp3) is 0.611. The Kier molecular flexibility index (Phi) is 12.8. The van der Waals surface area contributed by atoms with Crippen LogP contribution in [0.15, 0.2) is 42.0 Å². The zero-order chi connectivity index (χ0) is 36.9. The SMILES string of the molecule is C/C(=C\C(C(C)C)N(C)C(=O)C(NC(=O)C(N(C)C(=O)OC(C)(C)C)C(C)(C)c1ccccc1)C(C)(C)C)C(=O)ON1C(=O)CCC1=O. The summed E-state index contributed by atoms with van der Waals surface area (Å²) in [5, 5.41) is 3.44. The van der Waals surface area contributed by atoms with Gasteiger partial charge in [0.2, 0.25) is 11.8 Å². The Hall–Kier alpha value is -4.22. The second kappa shape index (κ2) is 15.3. The van der Waals surface area contributed by atoms with Crippen molar-refractivity contribution >= 4 is 35.7 Å². The molecule has 0 spiro atoms. The Labute approximate surface area is 285 Å². The number of hydrogen-bond donors (Lipinski definition) is 1. The van der Waals surface area contributed by atoms with E-state index in [1.807, 2.05) is 78.8 Å². The van der Waals surface area contributed by atoms with Crippen LogP contribution in [0.1, 0.15) is 94.6 Å². The van der Waals surface area contributed by atoms with Crippen molar-refractivity contribution in [1.82, 2.24) is 20.2 Å². The van der Waals surface area contributed by atoms with Gasteiger partial charge in [0.25, 0.3) is 11.8 Å². The molecule has 1 aromatic carbocycles. The fourth-order valence-corrected chi connectivity index (χ4v) is 5.56. The summed E-state index contributed by atoms with van der Waals surface area (Å²) in [6.07, 6.45) is 0.802. The highest BCUT2D eigenvalue weighted by molar-refractivity contribution is 6.02. The van der Waals surface area contributed by atoms with E-state index in [9.17, 15) is 28.8 Å². The van der Waals surface area contributed by atoms with Gasteiger partial charge in [-0.3, -0.25) is 24.1 Å². The molecule has 5 amide bonds. The molecular weight excluding hydrogens is 616 g/mol. The van der Waals surface area contributed by atoms with Gasteiger partial charge in [-0.2, -0.15) is 0 Å². The topological polar surface area (TPSA) is 143 Å². The number of ether oxygens (including phenoxy) is 1. The van der Waals surface area contributed by atoms with Crippen molar-refractivity contribution < 1.29 is 38.3 Å². The number of hydroxylamine groups is 2. The van der Waals surface area contributed by atoms with Gasteiger partial charge in [-0.05, 0) is 44.6 Å². The molecule has 266 valence electrons. The molecule has 1 fully saturated rings. The summed E-state index contributed by atoms with van der Waals surface area (Å²) in [5.41, 5.74) is -1.59. The summed E-state index contributed by atoms with van der Waals surface area (Å²) in [4.78, 5) is 86.5. The van der Waals surface area contributed by atoms with Crippen LogP contribution in [0.25, 0.3) is 0 Å². The average molecular weight is 671 g/mol. The van der Waals surface area contributed by atoms with E-state index in [0.717, 1.165) is 5.56 Å². The molecule has 3 unspecified atom stereocenters. The lowest BCUT2D eigenvalue weighted by molar-refractivity contribution is -0.194. The molecular formula is C36H54N4O8. The van der Waals surface area contributed by atoms with Crippen LogP contribution >= 0.6 is 0 Å². The first-order valence-electron chi connectivity index (χ1n) is 16.2. The van der Waals surface area contributed by atoms with Crippen LogP contribution in [-0.2, 0) is 39.0 Å². The maximum atomic E-state index is 14.4. The molecule has 1 aliphatic heterocycles. The maximum Gasteiger partial charge on any atom is 0.410 e. The standard InChI is InChI=1S/C36H54N4O8/c1-22(2)25(21-23(3)32(45)48-40-26(41)19-20-27(40)42)38(12)31(44)28(34(4,5)6)37-30(43)29(39(13)33(46)47-35(7,8)9)36(10,11)24-17-15-14-16-18-24/h14-18,21-22,25,28-29H,19-20H2,1-13H3,(H,37,43)/b23-21+. The van der Waals surface area contributed by atoms with Crippen LogP contribution in [0, 0.1) is 11.3 Å². The van der Waals surface area contributed by atoms with Gasteiger partial charge in [-0.25, -0.2) is 9.59 Å². The number of carbonyl (C=O) groups is 6. The molecule has 12 nitrogen and oxygen atoms in total. The van der Waals surface area contributed by atoms with Gasteiger partial charge in [-0.1, -0.05) is 84.9 Å². The number of benzene rings is 1. The molecule has 1 heterocycles. The van der Waals surface area contributed by atoms with Crippen molar-refractivity contribution in [3.63, 3.8) is 0 Å². The van der Waals surface area contributed by atoms with Crippen LogP contribution in [0.2, 0.25) is 0 Å². The van der Waals surface area contributed by atoms with E-state index in [1.165, 1.54) is 23.8 Å². The Bertz CT molecular complexity index is 1390. The molecule has 1 aliphatic rings. The molecule has 0 bridgehead atoms. The van der Waals surface area contributed by atoms with Crippen molar-refractivity contribution in [1.29, 1.82) is 0 Å². The van der Waals surface area contributed by atoms with E-state index in [4.69, 9.17) is 9.57 Å². The lowest BCUT2D eigenvalue weighted by Crippen LogP contribution is -2.63. The van der Waals surface area contributed by atoms with Crippen molar-refractivity contribution in [3.05, 3.63) is 47.5 Å². The largest absolute Gasteiger partial charge is 0.444 e. The zero-order valence-electron chi connectivity index (χ0n) is 30.8. The van der Waals surface area contributed by atoms with E-state index in [2.05, 4.69) is 5.32 Å². The first-order valence-corrected chi connectivity index (χ1v) is 16.2. The highest BCUT2D eigenvalue weighted by atomic mass is 16.7. The molecule has 3 atom stereocenters. The second-order valence-electron chi connectivity index (χ2n) is 15.4. The van der Waals surface area contributed by atoms with Gasteiger partial charge < -0.3 is 19.8 Å². The predicted octanol–water partition coefficient (Wildman–Crippen LogP) is 4.77. The minimum Gasteiger partial charge on any atom is -0.444 e. The molecule has 1 saturated heterocycles. The number of nitrogens with one attached hydrogen (secondary N) is 1. The number of likely N-dealkylation sites (N-methyl/N-ethyl adjacent to an activating group) is 2. The summed E-state index contributed by atoms with van der Waals surface area (Å²) >= 11 is 0. The molecule has 0 aromatic heterocycles. The molecule has 0 radical (unpaired) electrons. The average Bonchev–Trinajstić information content (AvgIpc) is 3.28. The summed E-state index contributed by atoms with van der Waals surface area (Å²) in [6.45, 7) is 19.6. The summed E-state index contributed by atoms with van der Waals surface area (Å²) < 4.78 is 5.63. The molecule has 12 heteroatoms. The fourth-order valence-electron chi connectivity index (χ4n) is 5.56. The highest BCUT2D eigenvalue weighted by Crippen LogP contribution is 2.32. The van der Waals surface area contributed by atoms with Crippen molar-refractivity contribution in [3.8, 4) is 0 Å². The first kappa shape index (κ1) is 40.0. The van der Waals surface area contributed by atoms with Crippen LogP contribution in [0.4, 0.5) is 4.79 Å². The molecule has 1 N–H and O–H groups in total. The van der Waals surface area contributed by atoms with Gasteiger partial charge in [0.15, 0.2) is 0 Å². The van der Waals surface area contributed by atoms with Crippen LogP contribution in [0.3, 0.4) is 0 Å². The number of amides is 5. The quantitative estimate of drug-likeness (QED) is 0.262. The van der Waals surface area contributed by atoms with Crippen LogP contribution in [-0.4, -0.2) is 88.4 Å². The van der Waals surface area contributed by atoms with Crippen LogP contribution < -0.4 is 5.32 Å². The predicted molar refractivity (Wildman–Crippen MR) is 181 cm³/mol. The molecule has 2 rings (SSSR count). The lowest BCUT2D eigenvalue weighted by atomic mass is 9.76. The van der Waals surface area contributed by atoms with E-state index in [0.29, 0.717) is 5.06 Å². The number of hydrogen-bond acceptors (Lipinski definition) is 8. The highest BCUT2D eigenvalue weighted by Gasteiger charge is 2.46. The maximum absolute atomic E-state index is 14.4. The third-order valence-corrected chi connectivity index (χ3v) is 8.32. The number of rotatable bonds is 11. The second-order valence-corrected chi connectivity index (χ2v) is 15.4. The normalized spacial score (nSPS) is 16.3. The van der Waals surface area contributed by atoms with E-state index in [1.54, 1.807) is 33.9 Å². The van der Waals surface area contributed by atoms with Gasteiger partial charge in [-0.15, -0.1) is 5.06 Å². The zero-order valence-corrected chi connectivity index (χ0v) is 30.8. The lowest BCUT2D eigenvalue weighted by Gasteiger charge is -2.42. The number of carbonyl (C=O) groups excluding carboxylic acids is 6. The van der Waals surface area contributed by atoms with Gasteiger partial charge in [0, 0.05) is 37.9 Å². The first-order chi connectivity index (χ1) is 21.9. The molecule has 0 aliphatic carbocycles.